The lowest BCUT2D eigenvalue weighted by molar-refractivity contribution is -0.139. The second-order valence-corrected chi connectivity index (χ2v) is 4.62. The fourth-order valence-electron chi connectivity index (χ4n) is 1.21. The first-order chi connectivity index (χ1) is 7.69. The van der Waals surface area contributed by atoms with Gasteiger partial charge in [0.15, 0.2) is 0 Å². The topological polar surface area (TPSA) is 69.0 Å². The normalized spacial score (nSPS) is 12.4. The van der Waals surface area contributed by atoms with Crippen molar-refractivity contribution >= 4 is 28.6 Å². The Morgan fingerprint density at radius 1 is 1.75 bits per heavy atom. The average Bonchev–Trinajstić information content (AvgIpc) is 2.75. The maximum absolute atomic E-state index is 11.1. The van der Waals surface area contributed by atoms with E-state index in [1.165, 1.54) is 13.4 Å². The van der Waals surface area contributed by atoms with Crippen molar-refractivity contribution in [3.63, 3.8) is 0 Å². The summed E-state index contributed by atoms with van der Waals surface area (Å²) in [7, 11) is 1.39. The summed E-state index contributed by atoms with van der Waals surface area (Å²) in [6.07, 6.45) is 1.53. The van der Waals surface area contributed by atoms with Crippen molar-refractivity contribution in [3.05, 3.63) is 12.2 Å². The van der Waals surface area contributed by atoms with E-state index in [0.29, 0.717) is 13.1 Å². The molecule has 0 aliphatic rings. The van der Waals surface area contributed by atoms with Gasteiger partial charge in [0, 0.05) is 13.1 Å². The minimum absolute atomic E-state index is 0.180. The monoisotopic (exact) mass is 338 g/mol. The van der Waals surface area contributed by atoms with Crippen molar-refractivity contribution in [2.75, 3.05) is 13.7 Å². The number of ether oxygens (including phenoxy) is 1. The van der Waals surface area contributed by atoms with Crippen LogP contribution in [0.1, 0.15) is 12.7 Å². The number of aromatic nitrogens is 3. The number of carbonyl (C=O) groups is 1. The lowest BCUT2D eigenvalue weighted by Gasteiger charge is -2.09. The van der Waals surface area contributed by atoms with Crippen molar-refractivity contribution in [2.24, 2.45) is 0 Å². The van der Waals surface area contributed by atoms with E-state index in [1.54, 1.807) is 0 Å². The number of nitrogens with zero attached hydrogens (tertiary/aromatic N) is 3. The largest absolute Gasteiger partial charge is 0.468 e. The van der Waals surface area contributed by atoms with Crippen LogP contribution in [-0.2, 0) is 22.6 Å². The molecular formula is C9H15IN4O2. The summed E-state index contributed by atoms with van der Waals surface area (Å²) in [5, 5.41) is 7.20. The minimum Gasteiger partial charge on any atom is -0.468 e. The predicted octanol–water partition coefficient (Wildman–Crippen LogP) is 0.364. The highest BCUT2D eigenvalue weighted by molar-refractivity contribution is 14.1. The molecule has 1 atom stereocenters. The SMILES string of the molecule is CCn1ncnc1CNCC(I)C(=O)OC. The van der Waals surface area contributed by atoms with Crippen molar-refractivity contribution in [1.29, 1.82) is 0 Å². The third-order valence-corrected chi connectivity index (χ3v) is 3.01. The molecule has 1 N–H and O–H groups in total. The number of nitrogens with one attached hydrogen (secondary N) is 1. The Kier molecular flexibility index (Phi) is 5.67. The molecule has 0 aromatic carbocycles. The number of hydrogen-bond acceptors (Lipinski definition) is 5. The van der Waals surface area contributed by atoms with E-state index in [-0.39, 0.29) is 9.89 Å². The summed E-state index contributed by atoms with van der Waals surface area (Å²) in [4.78, 5) is 15.2. The molecule has 16 heavy (non-hydrogen) atoms. The summed E-state index contributed by atoms with van der Waals surface area (Å²) in [6, 6.07) is 0. The Bertz CT molecular complexity index is 342. The molecule has 1 unspecified atom stereocenters. The molecule has 6 nitrogen and oxygen atoms in total. The molecule has 0 saturated heterocycles. The first-order valence-electron chi connectivity index (χ1n) is 4.98. The van der Waals surface area contributed by atoms with Gasteiger partial charge in [0.1, 0.15) is 16.1 Å². The van der Waals surface area contributed by atoms with Crippen LogP contribution < -0.4 is 5.32 Å². The zero-order valence-electron chi connectivity index (χ0n) is 9.31. The summed E-state index contributed by atoms with van der Waals surface area (Å²) < 4.78 is 6.26. The highest BCUT2D eigenvalue weighted by atomic mass is 127. The molecule has 0 aliphatic carbocycles. The molecule has 0 aliphatic heterocycles. The third-order valence-electron chi connectivity index (χ3n) is 2.06. The Morgan fingerprint density at radius 3 is 3.12 bits per heavy atom. The first-order valence-corrected chi connectivity index (χ1v) is 6.22. The molecule has 1 heterocycles. The summed E-state index contributed by atoms with van der Waals surface area (Å²) >= 11 is 2.05. The number of aryl methyl sites for hydroxylation is 1. The lowest BCUT2D eigenvalue weighted by atomic mass is 10.4. The summed E-state index contributed by atoms with van der Waals surface area (Å²) in [6.45, 7) is 3.96. The van der Waals surface area contributed by atoms with Gasteiger partial charge in [-0.25, -0.2) is 9.67 Å². The van der Waals surface area contributed by atoms with Gasteiger partial charge in [-0.05, 0) is 6.92 Å². The maximum Gasteiger partial charge on any atom is 0.319 e. The van der Waals surface area contributed by atoms with Crippen molar-refractivity contribution in [1.82, 2.24) is 20.1 Å². The van der Waals surface area contributed by atoms with Gasteiger partial charge in [0.2, 0.25) is 0 Å². The standard InChI is InChI=1S/C9H15IN4O2/c1-3-14-8(12-6-13-14)5-11-4-7(10)9(15)16-2/h6-7,11H,3-5H2,1-2H3. The molecular weight excluding hydrogens is 323 g/mol. The quantitative estimate of drug-likeness (QED) is 0.461. The zero-order valence-corrected chi connectivity index (χ0v) is 11.5. The highest BCUT2D eigenvalue weighted by Crippen LogP contribution is 2.01. The van der Waals surface area contributed by atoms with Gasteiger partial charge >= 0.3 is 5.97 Å². The van der Waals surface area contributed by atoms with Gasteiger partial charge < -0.3 is 10.1 Å². The van der Waals surface area contributed by atoms with E-state index in [4.69, 9.17) is 0 Å². The number of alkyl halides is 1. The van der Waals surface area contributed by atoms with E-state index in [1.807, 2.05) is 34.2 Å². The van der Waals surface area contributed by atoms with Gasteiger partial charge in [-0.2, -0.15) is 5.10 Å². The molecule has 0 radical (unpaired) electrons. The van der Waals surface area contributed by atoms with Crippen LogP contribution in [0.5, 0.6) is 0 Å². The maximum atomic E-state index is 11.1. The van der Waals surface area contributed by atoms with E-state index < -0.39 is 0 Å². The molecule has 0 spiro atoms. The fourth-order valence-corrected chi connectivity index (χ4v) is 1.78. The van der Waals surface area contributed by atoms with Gasteiger partial charge in [-0.1, -0.05) is 22.6 Å². The smallest absolute Gasteiger partial charge is 0.319 e. The molecule has 1 rings (SSSR count). The van der Waals surface area contributed by atoms with Gasteiger partial charge in [-0.3, -0.25) is 4.79 Å². The van der Waals surface area contributed by atoms with Gasteiger partial charge in [0.25, 0.3) is 0 Å². The average molecular weight is 338 g/mol. The van der Waals surface area contributed by atoms with Crippen LogP contribution in [0.25, 0.3) is 0 Å². The van der Waals surface area contributed by atoms with Crippen molar-refractivity contribution in [2.45, 2.75) is 23.9 Å². The van der Waals surface area contributed by atoms with Crippen LogP contribution in [0, 0.1) is 0 Å². The van der Waals surface area contributed by atoms with E-state index >= 15 is 0 Å². The van der Waals surface area contributed by atoms with Crippen LogP contribution in [0.4, 0.5) is 0 Å². The molecule has 0 amide bonds. The summed E-state index contributed by atoms with van der Waals surface area (Å²) in [5.74, 6) is 0.654. The first kappa shape index (κ1) is 13.4. The number of carbonyl (C=O) groups excluding carboxylic acids is 1. The van der Waals surface area contributed by atoms with Crippen LogP contribution in [-0.4, -0.2) is 38.3 Å². The molecule has 1 aromatic heterocycles. The van der Waals surface area contributed by atoms with Crippen LogP contribution in [0.3, 0.4) is 0 Å². The lowest BCUT2D eigenvalue weighted by Crippen LogP contribution is -2.30. The second kappa shape index (κ2) is 6.79. The number of methoxy groups -OCH3 is 1. The predicted molar refractivity (Wildman–Crippen MR) is 67.2 cm³/mol. The number of rotatable bonds is 6. The van der Waals surface area contributed by atoms with Crippen LogP contribution in [0.15, 0.2) is 6.33 Å². The second-order valence-electron chi connectivity index (χ2n) is 3.11. The van der Waals surface area contributed by atoms with E-state index in [9.17, 15) is 4.79 Å². The Balaban J connectivity index is 2.33. The fraction of sp³-hybridized carbons (Fsp3) is 0.667. The van der Waals surface area contributed by atoms with Crippen molar-refractivity contribution in [3.8, 4) is 0 Å². The Labute approximate surface area is 108 Å². The van der Waals surface area contributed by atoms with Crippen LogP contribution >= 0.6 is 22.6 Å². The molecule has 0 saturated carbocycles. The minimum atomic E-state index is -0.218. The van der Waals surface area contributed by atoms with Gasteiger partial charge in [0.05, 0.1) is 13.7 Å². The van der Waals surface area contributed by atoms with E-state index in [2.05, 4.69) is 20.1 Å². The summed E-state index contributed by atoms with van der Waals surface area (Å²) in [5.41, 5.74) is 0. The zero-order chi connectivity index (χ0) is 12.0. The number of hydrogen-bond donors (Lipinski definition) is 1. The Morgan fingerprint density at radius 2 is 2.50 bits per heavy atom. The molecule has 0 fully saturated rings. The Hall–Kier alpha value is -0.700. The molecule has 90 valence electrons. The number of halogens is 1. The molecule has 1 aromatic rings. The van der Waals surface area contributed by atoms with E-state index in [0.717, 1.165) is 12.4 Å². The third kappa shape index (κ3) is 3.71. The number of esters is 1. The van der Waals surface area contributed by atoms with Gasteiger partial charge in [-0.15, -0.1) is 0 Å². The molecule has 7 heteroatoms. The van der Waals surface area contributed by atoms with Crippen molar-refractivity contribution < 1.29 is 9.53 Å². The molecule has 0 bridgehead atoms. The van der Waals surface area contributed by atoms with Crippen LogP contribution in [0.2, 0.25) is 0 Å². The highest BCUT2D eigenvalue weighted by Gasteiger charge is 2.14.